The molecule has 6 heteroatoms. The molecule has 0 radical (unpaired) electrons. The summed E-state index contributed by atoms with van der Waals surface area (Å²) in [5, 5.41) is 20.3. The molecule has 0 bridgehead atoms. The summed E-state index contributed by atoms with van der Waals surface area (Å²) < 4.78 is 0. The number of nitrogens with zero attached hydrogens (tertiary/aromatic N) is 1. The van der Waals surface area contributed by atoms with E-state index in [2.05, 4.69) is 5.32 Å². The van der Waals surface area contributed by atoms with Gasteiger partial charge in [0, 0.05) is 32.0 Å². The third kappa shape index (κ3) is 4.62. The van der Waals surface area contributed by atoms with Gasteiger partial charge in [0.25, 0.3) is 0 Å². The molecule has 0 saturated heterocycles. The lowest BCUT2D eigenvalue weighted by molar-refractivity contribution is -0.132. The van der Waals surface area contributed by atoms with Crippen LogP contribution in [0.15, 0.2) is 0 Å². The quantitative estimate of drug-likeness (QED) is 0.519. The standard InChI is InChI=1S/C12H22N2O4/c1-9-8-10(9)12(18)13-3-2-11(17)14(4-6-15)5-7-16/h9-10,15-16H,2-8H2,1H3,(H,13,18). The Morgan fingerprint density at radius 1 is 1.28 bits per heavy atom. The molecule has 2 atom stereocenters. The lowest BCUT2D eigenvalue weighted by Crippen LogP contribution is -2.38. The Morgan fingerprint density at radius 2 is 1.83 bits per heavy atom. The monoisotopic (exact) mass is 258 g/mol. The molecule has 0 aromatic heterocycles. The number of carbonyl (C=O) groups excluding carboxylic acids is 2. The van der Waals surface area contributed by atoms with E-state index < -0.39 is 0 Å². The van der Waals surface area contributed by atoms with E-state index in [1.807, 2.05) is 6.92 Å². The molecule has 2 amide bonds. The normalized spacial score (nSPS) is 21.5. The van der Waals surface area contributed by atoms with E-state index in [9.17, 15) is 9.59 Å². The lowest BCUT2D eigenvalue weighted by Gasteiger charge is -2.20. The van der Waals surface area contributed by atoms with E-state index in [4.69, 9.17) is 10.2 Å². The summed E-state index contributed by atoms with van der Waals surface area (Å²) in [6, 6.07) is 0. The van der Waals surface area contributed by atoms with E-state index in [1.165, 1.54) is 4.90 Å². The van der Waals surface area contributed by atoms with Crippen LogP contribution in [0.4, 0.5) is 0 Å². The second-order valence-electron chi connectivity index (χ2n) is 4.69. The summed E-state index contributed by atoms with van der Waals surface area (Å²) in [4.78, 5) is 24.6. The van der Waals surface area contributed by atoms with Crippen LogP contribution in [0.25, 0.3) is 0 Å². The molecule has 1 saturated carbocycles. The van der Waals surface area contributed by atoms with Gasteiger partial charge in [-0.1, -0.05) is 6.92 Å². The molecule has 2 unspecified atom stereocenters. The molecule has 1 aliphatic rings. The Balaban J connectivity index is 2.20. The smallest absolute Gasteiger partial charge is 0.224 e. The van der Waals surface area contributed by atoms with E-state index >= 15 is 0 Å². The van der Waals surface area contributed by atoms with Gasteiger partial charge < -0.3 is 20.4 Å². The highest BCUT2D eigenvalue weighted by Gasteiger charge is 2.38. The molecule has 0 spiro atoms. The molecule has 0 heterocycles. The first kappa shape index (κ1) is 14.9. The van der Waals surface area contributed by atoms with Crippen molar-refractivity contribution in [1.82, 2.24) is 10.2 Å². The first-order valence-electron chi connectivity index (χ1n) is 6.37. The van der Waals surface area contributed by atoms with Crippen LogP contribution in [0.5, 0.6) is 0 Å². The summed E-state index contributed by atoms with van der Waals surface area (Å²) in [5.74, 6) is 0.431. The van der Waals surface area contributed by atoms with Gasteiger partial charge in [0.1, 0.15) is 0 Å². The Bertz CT molecular complexity index is 290. The van der Waals surface area contributed by atoms with Crippen molar-refractivity contribution in [2.45, 2.75) is 19.8 Å². The number of rotatable bonds is 8. The fourth-order valence-electron chi connectivity index (χ4n) is 1.87. The zero-order valence-electron chi connectivity index (χ0n) is 10.8. The Hall–Kier alpha value is -1.14. The van der Waals surface area contributed by atoms with Crippen molar-refractivity contribution < 1.29 is 19.8 Å². The van der Waals surface area contributed by atoms with Crippen LogP contribution < -0.4 is 5.32 Å². The maximum absolute atomic E-state index is 11.7. The molecule has 0 aliphatic heterocycles. The molecule has 18 heavy (non-hydrogen) atoms. The predicted molar refractivity (Wildman–Crippen MR) is 65.6 cm³/mol. The fraction of sp³-hybridized carbons (Fsp3) is 0.833. The molecule has 1 rings (SSSR count). The number of aliphatic hydroxyl groups excluding tert-OH is 2. The first-order chi connectivity index (χ1) is 8.60. The molecular weight excluding hydrogens is 236 g/mol. The second-order valence-corrected chi connectivity index (χ2v) is 4.69. The van der Waals surface area contributed by atoms with E-state index in [0.717, 1.165) is 6.42 Å². The summed E-state index contributed by atoms with van der Waals surface area (Å²) in [7, 11) is 0. The second kappa shape index (κ2) is 7.33. The van der Waals surface area contributed by atoms with Gasteiger partial charge in [-0.2, -0.15) is 0 Å². The summed E-state index contributed by atoms with van der Waals surface area (Å²) in [6.45, 7) is 2.52. The van der Waals surface area contributed by atoms with Gasteiger partial charge in [0.2, 0.25) is 11.8 Å². The molecule has 0 aromatic rings. The summed E-state index contributed by atoms with van der Waals surface area (Å²) in [6.07, 6.45) is 1.13. The van der Waals surface area contributed by atoms with E-state index in [0.29, 0.717) is 12.5 Å². The highest BCUT2D eigenvalue weighted by Crippen LogP contribution is 2.37. The SMILES string of the molecule is CC1CC1C(=O)NCCC(=O)N(CCO)CCO. The van der Waals surface area contributed by atoms with Crippen LogP contribution in [-0.2, 0) is 9.59 Å². The Morgan fingerprint density at radius 3 is 2.28 bits per heavy atom. The lowest BCUT2D eigenvalue weighted by atomic mass is 10.3. The minimum atomic E-state index is -0.165. The fourth-order valence-corrected chi connectivity index (χ4v) is 1.87. The largest absolute Gasteiger partial charge is 0.395 e. The Labute approximate surface area is 107 Å². The number of nitrogens with one attached hydrogen (secondary N) is 1. The van der Waals surface area contributed by atoms with Crippen molar-refractivity contribution in [3.05, 3.63) is 0 Å². The minimum Gasteiger partial charge on any atom is -0.395 e. The maximum Gasteiger partial charge on any atom is 0.224 e. The number of carbonyl (C=O) groups is 2. The van der Waals surface area contributed by atoms with Crippen LogP contribution in [0.3, 0.4) is 0 Å². The van der Waals surface area contributed by atoms with Gasteiger partial charge in [0.15, 0.2) is 0 Å². The average molecular weight is 258 g/mol. The molecule has 104 valence electrons. The topological polar surface area (TPSA) is 89.9 Å². The third-order valence-corrected chi connectivity index (χ3v) is 3.18. The third-order valence-electron chi connectivity index (χ3n) is 3.18. The van der Waals surface area contributed by atoms with Gasteiger partial charge in [-0.05, 0) is 12.3 Å². The molecule has 1 fully saturated rings. The molecule has 0 aromatic carbocycles. The molecule has 3 N–H and O–H groups in total. The van der Waals surface area contributed by atoms with Crippen molar-refractivity contribution in [3.8, 4) is 0 Å². The zero-order chi connectivity index (χ0) is 13.5. The number of hydrogen-bond acceptors (Lipinski definition) is 4. The maximum atomic E-state index is 11.7. The van der Waals surface area contributed by atoms with Gasteiger partial charge >= 0.3 is 0 Å². The van der Waals surface area contributed by atoms with Crippen LogP contribution in [0.2, 0.25) is 0 Å². The highest BCUT2D eigenvalue weighted by atomic mass is 16.3. The number of hydrogen-bond donors (Lipinski definition) is 3. The van der Waals surface area contributed by atoms with Crippen molar-refractivity contribution in [3.63, 3.8) is 0 Å². The molecule has 1 aliphatic carbocycles. The molecular formula is C12H22N2O4. The molecule has 6 nitrogen and oxygen atoms in total. The minimum absolute atomic E-state index is 0.0196. The van der Waals surface area contributed by atoms with Crippen molar-refractivity contribution in [1.29, 1.82) is 0 Å². The van der Waals surface area contributed by atoms with Crippen LogP contribution >= 0.6 is 0 Å². The van der Waals surface area contributed by atoms with Crippen molar-refractivity contribution >= 4 is 11.8 Å². The van der Waals surface area contributed by atoms with Gasteiger partial charge in [-0.3, -0.25) is 9.59 Å². The van der Waals surface area contributed by atoms with Gasteiger partial charge in [-0.25, -0.2) is 0 Å². The number of amides is 2. The first-order valence-corrected chi connectivity index (χ1v) is 6.37. The van der Waals surface area contributed by atoms with Crippen molar-refractivity contribution in [2.75, 3.05) is 32.8 Å². The predicted octanol–water partition coefficient (Wildman–Crippen LogP) is -1.04. The van der Waals surface area contributed by atoms with Crippen LogP contribution in [-0.4, -0.2) is 59.8 Å². The van der Waals surface area contributed by atoms with E-state index in [1.54, 1.807) is 0 Å². The zero-order valence-corrected chi connectivity index (χ0v) is 10.8. The van der Waals surface area contributed by atoms with E-state index in [-0.39, 0.29) is 50.5 Å². The van der Waals surface area contributed by atoms with Crippen LogP contribution in [0, 0.1) is 11.8 Å². The Kier molecular flexibility index (Phi) is 6.07. The summed E-state index contributed by atoms with van der Waals surface area (Å²) in [5.41, 5.74) is 0. The van der Waals surface area contributed by atoms with Gasteiger partial charge in [0.05, 0.1) is 13.2 Å². The van der Waals surface area contributed by atoms with Crippen LogP contribution in [0.1, 0.15) is 19.8 Å². The van der Waals surface area contributed by atoms with Gasteiger partial charge in [-0.15, -0.1) is 0 Å². The average Bonchev–Trinajstić information content (AvgIpc) is 3.06. The highest BCUT2D eigenvalue weighted by molar-refractivity contribution is 5.82. The van der Waals surface area contributed by atoms with Crippen molar-refractivity contribution in [2.24, 2.45) is 11.8 Å². The number of aliphatic hydroxyl groups is 2. The summed E-state index contributed by atoms with van der Waals surface area (Å²) >= 11 is 0.